The highest BCUT2D eigenvalue weighted by Crippen LogP contribution is 2.35. The first kappa shape index (κ1) is 20.2. The Morgan fingerprint density at radius 3 is 2.69 bits per heavy atom. The molecule has 29 heavy (non-hydrogen) atoms. The first-order valence-electron chi connectivity index (χ1n) is 9.24. The van der Waals surface area contributed by atoms with Crippen molar-refractivity contribution < 1.29 is 17.9 Å². The van der Waals surface area contributed by atoms with Crippen LogP contribution < -0.4 is 10.4 Å². The SMILES string of the molecule is [B]c1cc(S(=O)(=O)N2CCC(N3C(=O)OCc4cccc(C)c43)CC2)cnc1Cl. The Balaban J connectivity index is 1.54. The number of nitrogens with zero attached hydrogens (tertiary/aromatic N) is 3. The molecule has 1 amide bonds. The lowest BCUT2D eigenvalue weighted by Crippen LogP contribution is -2.50. The number of sulfonamides is 1. The minimum absolute atomic E-state index is 0.0106. The van der Waals surface area contributed by atoms with Crippen molar-refractivity contribution in [3.8, 4) is 0 Å². The Hall–Kier alpha value is -2.10. The number of anilines is 1. The van der Waals surface area contributed by atoms with Gasteiger partial charge >= 0.3 is 6.09 Å². The van der Waals surface area contributed by atoms with Crippen molar-refractivity contribution >= 4 is 46.7 Å². The van der Waals surface area contributed by atoms with Crippen LogP contribution in [0.5, 0.6) is 0 Å². The van der Waals surface area contributed by atoms with Gasteiger partial charge in [-0.25, -0.2) is 18.2 Å². The number of hydrogen-bond acceptors (Lipinski definition) is 5. The number of fused-ring (bicyclic) bond motifs is 1. The zero-order chi connectivity index (χ0) is 20.8. The average molecular weight is 432 g/mol. The highest BCUT2D eigenvalue weighted by molar-refractivity contribution is 7.89. The fourth-order valence-electron chi connectivity index (χ4n) is 3.89. The number of aromatic nitrogens is 1. The Morgan fingerprint density at radius 1 is 1.28 bits per heavy atom. The molecule has 0 unspecified atom stereocenters. The van der Waals surface area contributed by atoms with Gasteiger partial charge < -0.3 is 4.74 Å². The van der Waals surface area contributed by atoms with Gasteiger partial charge in [0.05, 0.1) is 5.69 Å². The highest BCUT2D eigenvalue weighted by Gasteiger charge is 2.37. The van der Waals surface area contributed by atoms with Gasteiger partial charge in [0.2, 0.25) is 10.0 Å². The Kier molecular flexibility index (Phi) is 5.31. The maximum atomic E-state index is 12.9. The van der Waals surface area contributed by atoms with Crippen molar-refractivity contribution in [2.75, 3.05) is 18.0 Å². The normalized spacial score (nSPS) is 18.4. The van der Waals surface area contributed by atoms with Crippen LogP contribution in [0, 0.1) is 6.92 Å². The van der Waals surface area contributed by atoms with Gasteiger partial charge in [-0.2, -0.15) is 4.31 Å². The lowest BCUT2D eigenvalue weighted by Gasteiger charge is -2.40. The maximum Gasteiger partial charge on any atom is 0.414 e. The van der Waals surface area contributed by atoms with Gasteiger partial charge in [-0.05, 0) is 31.4 Å². The van der Waals surface area contributed by atoms with E-state index in [1.54, 1.807) is 4.90 Å². The van der Waals surface area contributed by atoms with Gasteiger partial charge in [0.15, 0.2) is 0 Å². The summed E-state index contributed by atoms with van der Waals surface area (Å²) in [5.41, 5.74) is 2.95. The van der Waals surface area contributed by atoms with Gasteiger partial charge in [-0.15, -0.1) is 0 Å². The molecular formula is C19H19BClN3O4S. The molecule has 3 heterocycles. The molecule has 150 valence electrons. The van der Waals surface area contributed by atoms with Crippen molar-refractivity contribution in [3.05, 3.63) is 46.7 Å². The van der Waals surface area contributed by atoms with E-state index in [0.29, 0.717) is 12.8 Å². The molecular weight excluding hydrogens is 413 g/mol. The number of carbonyl (C=O) groups excluding carboxylic acids is 1. The molecule has 0 saturated carbocycles. The fraction of sp³-hybridized carbons (Fsp3) is 0.368. The molecule has 1 saturated heterocycles. The van der Waals surface area contributed by atoms with E-state index in [1.807, 2.05) is 25.1 Å². The second-order valence-corrected chi connectivity index (χ2v) is 9.49. The van der Waals surface area contributed by atoms with E-state index < -0.39 is 10.0 Å². The molecule has 10 heteroatoms. The number of amides is 1. The average Bonchev–Trinajstić information content (AvgIpc) is 2.70. The molecule has 1 aromatic carbocycles. The number of hydrogen-bond donors (Lipinski definition) is 0. The van der Waals surface area contributed by atoms with Crippen LogP contribution in [0.1, 0.15) is 24.0 Å². The molecule has 2 aliphatic rings. The van der Waals surface area contributed by atoms with Crippen LogP contribution in [0.2, 0.25) is 5.15 Å². The number of cyclic esters (lactones) is 1. The molecule has 7 nitrogen and oxygen atoms in total. The molecule has 0 bridgehead atoms. The number of rotatable bonds is 3. The molecule has 1 fully saturated rings. The van der Waals surface area contributed by atoms with Crippen molar-refractivity contribution in [2.24, 2.45) is 0 Å². The molecule has 0 atom stereocenters. The lowest BCUT2D eigenvalue weighted by atomic mass is 9.99. The molecule has 4 rings (SSSR count). The standard InChI is InChI=1S/C19H19BClN3O4S/c1-12-3-2-4-13-11-28-19(25)24(17(12)13)14-5-7-23(8-6-14)29(26,27)15-9-16(20)18(21)22-10-15/h2-4,9-10,14H,5-8,11H2,1H3. The van der Waals surface area contributed by atoms with Crippen LogP contribution in [0.25, 0.3) is 0 Å². The van der Waals surface area contributed by atoms with Gasteiger partial charge in [-0.1, -0.05) is 35.3 Å². The Morgan fingerprint density at radius 2 is 2.00 bits per heavy atom. The Labute approximate surface area is 176 Å². The maximum absolute atomic E-state index is 12.9. The van der Waals surface area contributed by atoms with Crippen molar-refractivity contribution in [1.82, 2.24) is 9.29 Å². The van der Waals surface area contributed by atoms with Crippen molar-refractivity contribution in [3.63, 3.8) is 0 Å². The minimum atomic E-state index is -3.74. The summed E-state index contributed by atoms with van der Waals surface area (Å²) in [6.07, 6.45) is 1.82. The third-order valence-electron chi connectivity index (χ3n) is 5.38. The van der Waals surface area contributed by atoms with E-state index in [-0.39, 0.29) is 47.3 Å². The van der Waals surface area contributed by atoms with E-state index in [2.05, 4.69) is 4.98 Å². The summed E-state index contributed by atoms with van der Waals surface area (Å²) in [6, 6.07) is 7.02. The van der Waals surface area contributed by atoms with Crippen LogP contribution in [0.4, 0.5) is 10.5 Å². The van der Waals surface area contributed by atoms with E-state index in [1.165, 1.54) is 16.6 Å². The van der Waals surface area contributed by atoms with E-state index in [0.717, 1.165) is 16.8 Å². The van der Waals surface area contributed by atoms with Crippen LogP contribution in [-0.4, -0.2) is 50.8 Å². The fourth-order valence-corrected chi connectivity index (χ4v) is 5.44. The quantitative estimate of drug-likeness (QED) is 0.549. The largest absolute Gasteiger partial charge is 0.444 e. The summed E-state index contributed by atoms with van der Waals surface area (Å²) < 4.78 is 32.6. The van der Waals surface area contributed by atoms with Gasteiger partial charge in [0.25, 0.3) is 0 Å². The van der Waals surface area contributed by atoms with Crippen LogP contribution in [0.15, 0.2) is 35.4 Å². The number of pyridine rings is 1. The lowest BCUT2D eigenvalue weighted by molar-refractivity contribution is 0.135. The highest BCUT2D eigenvalue weighted by atomic mass is 35.5. The van der Waals surface area contributed by atoms with Gasteiger partial charge in [0.1, 0.15) is 24.5 Å². The van der Waals surface area contributed by atoms with E-state index >= 15 is 0 Å². The van der Waals surface area contributed by atoms with Crippen LogP contribution >= 0.6 is 11.6 Å². The van der Waals surface area contributed by atoms with Crippen LogP contribution in [0.3, 0.4) is 0 Å². The third-order valence-corrected chi connectivity index (χ3v) is 7.56. The number of para-hydroxylation sites is 1. The summed E-state index contributed by atoms with van der Waals surface area (Å²) in [5.74, 6) is 0. The minimum Gasteiger partial charge on any atom is -0.444 e. The number of halogens is 1. The first-order valence-corrected chi connectivity index (χ1v) is 11.1. The van der Waals surface area contributed by atoms with E-state index in [4.69, 9.17) is 24.2 Å². The molecule has 2 aliphatic heterocycles. The van der Waals surface area contributed by atoms with Crippen molar-refractivity contribution in [1.29, 1.82) is 0 Å². The van der Waals surface area contributed by atoms with Crippen molar-refractivity contribution in [2.45, 2.75) is 37.3 Å². The topological polar surface area (TPSA) is 79.8 Å². The number of benzene rings is 1. The predicted molar refractivity (Wildman–Crippen MR) is 110 cm³/mol. The Bertz CT molecular complexity index is 1070. The number of piperidine rings is 1. The third kappa shape index (κ3) is 3.62. The zero-order valence-electron chi connectivity index (χ0n) is 15.8. The first-order chi connectivity index (χ1) is 13.8. The molecule has 1 aromatic heterocycles. The molecule has 0 spiro atoms. The summed E-state index contributed by atoms with van der Waals surface area (Å²) >= 11 is 5.80. The predicted octanol–water partition coefficient (Wildman–Crippen LogP) is 2.15. The zero-order valence-corrected chi connectivity index (χ0v) is 17.4. The molecule has 0 aliphatic carbocycles. The monoisotopic (exact) mass is 431 g/mol. The number of aryl methyl sites for hydroxylation is 1. The summed E-state index contributed by atoms with van der Waals surface area (Å²) in [4.78, 5) is 18.0. The van der Waals surface area contributed by atoms with Crippen LogP contribution in [-0.2, 0) is 21.4 Å². The summed E-state index contributed by atoms with van der Waals surface area (Å²) in [6.45, 7) is 2.77. The number of ether oxygens (including phenoxy) is 1. The molecule has 2 radical (unpaired) electrons. The molecule has 0 N–H and O–H groups in total. The second-order valence-electron chi connectivity index (χ2n) is 7.19. The smallest absolute Gasteiger partial charge is 0.414 e. The summed E-state index contributed by atoms with van der Waals surface area (Å²) in [5, 5.41) is 0.0697. The van der Waals surface area contributed by atoms with Gasteiger partial charge in [-0.3, -0.25) is 4.90 Å². The second kappa shape index (κ2) is 7.62. The van der Waals surface area contributed by atoms with Gasteiger partial charge in [0, 0.05) is 30.9 Å². The summed E-state index contributed by atoms with van der Waals surface area (Å²) in [7, 11) is 1.97. The molecule has 2 aromatic rings. The number of carbonyl (C=O) groups is 1. The van der Waals surface area contributed by atoms with E-state index in [9.17, 15) is 13.2 Å².